The number of sulfonamides is 1. The highest BCUT2D eigenvalue weighted by Gasteiger charge is 2.06. The smallest absolute Gasteiger partial charge is 0.230 e. The average molecular weight is 189 g/mol. The molecule has 0 atom stereocenters. The summed E-state index contributed by atoms with van der Waals surface area (Å²) >= 11 is 0. The number of anilines is 1. The van der Waals surface area contributed by atoms with E-state index >= 15 is 0 Å². The van der Waals surface area contributed by atoms with E-state index in [4.69, 9.17) is 0 Å². The molecule has 12 heavy (non-hydrogen) atoms. The molecule has 1 rings (SSSR count). The highest BCUT2D eigenvalue weighted by Crippen LogP contribution is 2.08. The van der Waals surface area contributed by atoms with Crippen LogP contribution < -0.4 is 4.72 Å². The molecule has 0 aliphatic rings. The van der Waals surface area contributed by atoms with Crippen molar-refractivity contribution < 1.29 is 8.42 Å². The molecule has 0 spiro atoms. The fourth-order valence-electron chi connectivity index (χ4n) is 0.896. The fourth-order valence-corrected chi connectivity index (χ4v) is 1.47. The van der Waals surface area contributed by atoms with Crippen molar-refractivity contribution in [1.29, 1.82) is 0 Å². The lowest BCUT2D eigenvalue weighted by Gasteiger charge is -2.01. The lowest BCUT2D eigenvalue weighted by atomic mass is 10.5. The number of hydrogen-bond donors (Lipinski definition) is 1. The van der Waals surface area contributed by atoms with Gasteiger partial charge in [-0.1, -0.05) is 0 Å². The molecule has 68 valence electrons. The molecule has 1 heterocycles. The second-order valence-corrected chi connectivity index (χ2v) is 4.42. The Morgan fingerprint density at radius 2 is 2.17 bits per heavy atom. The average Bonchev–Trinajstić information content (AvgIpc) is 2.06. The second-order valence-electron chi connectivity index (χ2n) is 2.67. The third-order valence-electron chi connectivity index (χ3n) is 1.29. The molecule has 0 saturated carbocycles. The molecule has 6 heteroatoms. The molecule has 1 aromatic rings. The van der Waals surface area contributed by atoms with Crippen molar-refractivity contribution in [2.75, 3.05) is 11.0 Å². The van der Waals surface area contributed by atoms with E-state index in [1.165, 1.54) is 4.68 Å². The van der Waals surface area contributed by atoms with Crippen LogP contribution in [0.15, 0.2) is 6.07 Å². The topological polar surface area (TPSA) is 64.0 Å². The molecule has 0 aliphatic carbocycles. The second kappa shape index (κ2) is 2.78. The molecule has 0 unspecified atom stereocenters. The predicted molar refractivity (Wildman–Crippen MR) is 46.4 cm³/mol. The van der Waals surface area contributed by atoms with Crippen molar-refractivity contribution in [3.8, 4) is 0 Å². The summed E-state index contributed by atoms with van der Waals surface area (Å²) in [5.74, 6) is 0.481. The van der Waals surface area contributed by atoms with Crippen LogP contribution in [0, 0.1) is 6.92 Å². The summed E-state index contributed by atoms with van der Waals surface area (Å²) in [6.45, 7) is 1.80. The van der Waals surface area contributed by atoms with E-state index in [0.29, 0.717) is 5.82 Å². The first-order chi connectivity index (χ1) is 5.38. The largest absolute Gasteiger partial charge is 0.268 e. The van der Waals surface area contributed by atoms with Gasteiger partial charge < -0.3 is 0 Å². The number of rotatable bonds is 2. The Kier molecular flexibility index (Phi) is 2.10. The molecule has 0 aromatic carbocycles. The summed E-state index contributed by atoms with van der Waals surface area (Å²) in [6, 6.07) is 1.67. The molecule has 1 N–H and O–H groups in total. The monoisotopic (exact) mass is 189 g/mol. The van der Waals surface area contributed by atoms with Gasteiger partial charge in [0.25, 0.3) is 0 Å². The minimum absolute atomic E-state index is 0.481. The summed E-state index contributed by atoms with van der Waals surface area (Å²) in [5.41, 5.74) is 0.781. The van der Waals surface area contributed by atoms with E-state index in [2.05, 4.69) is 9.82 Å². The summed E-state index contributed by atoms with van der Waals surface area (Å²) in [7, 11) is -1.52. The van der Waals surface area contributed by atoms with Gasteiger partial charge in [0, 0.05) is 13.1 Å². The maximum absolute atomic E-state index is 10.8. The highest BCUT2D eigenvalue weighted by molar-refractivity contribution is 7.92. The van der Waals surface area contributed by atoms with Gasteiger partial charge in [0.2, 0.25) is 10.0 Å². The molecule has 1 aromatic heterocycles. The summed E-state index contributed by atoms with van der Waals surface area (Å²) in [5, 5.41) is 3.98. The van der Waals surface area contributed by atoms with Crippen LogP contribution >= 0.6 is 0 Å². The maximum Gasteiger partial charge on any atom is 0.230 e. The van der Waals surface area contributed by atoms with Crippen LogP contribution in [0.1, 0.15) is 5.69 Å². The predicted octanol–water partition coefficient (Wildman–Crippen LogP) is 0.100. The molecular formula is C6H11N3O2S. The van der Waals surface area contributed by atoms with Gasteiger partial charge in [-0.3, -0.25) is 9.40 Å². The number of nitrogens with zero attached hydrogens (tertiary/aromatic N) is 2. The summed E-state index contributed by atoms with van der Waals surface area (Å²) < 4.78 is 25.4. The Hall–Kier alpha value is -1.04. The summed E-state index contributed by atoms with van der Waals surface area (Å²) in [4.78, 5) is 0. The normalized spacial score (nSPS) is 11.6. The molecule has 5 nitrogen and oxygen atoms in total. The number of aromatic nitrogens is 2. The van der Waals surface area contributed by atoms with Crippen LogP contribution in [0.3, 0.4) is 0 Å². The molecule has 0 fully saturated rings. The van der Waals surface area contributed by atoms with Crippen LogP contribution in [-0.4, -0.2) is 24.5 Å². The van der Waals surface area contributed by atoms with Gasteiger partial charge >= 0.3 is 0 Å². The van der Waals surface area contributed by atoms with Crippen LogP contribution in [0.5, 0.6) is 0 Å². The van der Waals surface area contributed by atoms with Gasteiger partial charge in [0.15, 0.2) is 0 Å². The Labute approximate surface area is 71.4 Å². The van der Waals surface area contributed by atoms with Crippen molar-refractivity contribution in [2.45, 2.75) is 6.92 Å². The van der Waals surface area contributed by atoms with Gasteiger partial charge in [-0.15, -0.1) is 0 Å². The zero-order chi connectivity index (χ0) is 9.35. The molecule has 0 radical (unpaired) electrons. The van der Waals surface area contributed by atoms with Crippen molar-refractivity contribution in [2.24, 2.45) is 7.05 Å². The van der Waals surface area contributed by atoms with Gasteiger partial charge in [-0.2, -0.15) is 5.10 Å². The van der Waals surface area contributed by atoms with E-state index in [1.807, 2.05) is 0 Å². The lowest BCUT2D eigenvalue weighted by Crippen LogP contribution is -2.12. The van der Waals surface area contributed by atoms with Gasteiger partial charge in [0.1, 0.15) is 5.82 Å². The van der Waals surface area contributed by atoms with E-state index < -0.39 is 10.0 Å². The molecule has 0 amide bonds. The fraction of sp³-hybridized carbons (Fsp3) is 0.500. The van der Waals surface area contributed by atoms with Crippen molar-refractivity contribution in [1.82, 2.24) is 9.78 Å². The molecular weight excluding hydrogens is 178 g/mol. The molecule has 0 bridgehead atoms. The van der Waals surface area contributed by atoms with Crippen molar-refractivity contribution in [3.63, 3.8) is 0 Å². The maximum atomic E-state index is 10.8. The zero-order valence-corrected chi connectivity index (χ0v) is 8.01. The first kappa shape index (κ1) is 9.05. The Morgan fingerprint density at radius 1 is 1.58 bits per heavy atom. The Morgan fingerprint density at radius 3 is 2.50 bits per heavy atom. The van der Waals surface area contributed by atoms with Crippen LogP contribution in [-0.2, 0) is 17.1 Å². The molecule has 0 saturated heterocycles. The van der Waals surface area contributed by atoms with Crippen molar-refractivity contribution in [3.05, 3.63) is 11.8 Å². The minimum atomic E-state index is -3.20. The van der Waals surface area contributed by atoms with E-state index in [-0.39, 0.29) is 0 Å². The third-order valence-corrected chi connectivity index (χ3v) is 1.87. The zero-order valence-electron chi connectivity index (χ0n) is 7.20. The van der Waals surface area contributed by atoms with Crippen LogP contribution in [0.25, 0.3) is 0 Å². The van der Waals surface area contributed by atoms with E-state index in [9.17, 15) is 8.42 Å². The minimum Gasteiger partial charge on any atom is -0.268 e. The standard InChI is InChI=1S/C6H11N3O2S/c1-5-4-6(9(2)7-5)8-12(3,10)11/h4,8H,1-3H3. The lowest BCUT2D eigenvalue weighted by molar-refractivity contribution is 0.606. The quantitative estimate of drug-likeness (QED) is 0.717. The highest BCUT2D eigenvalue weighted by atomic mass is 32.2. The van der Waals surface area contributed by atoms with Gasteiger partial charge in [-0.25, -0.2) is 8.42 Å². The van der Waals surface area contributed by atoms with E-state index in [1.54, 1.807) is 20.0 Å². The number of hydrogen-bond acceptors (Lipinski definition) is 3. The van der Waals surface area contributed by atoms with E-state index in [0.717, 1.165) is 11.9 Å². The SMILES string of the molecule is Cc1cc(NS(C)(=O)=O)n(C)n1. The third kappa shape index (κ3) is 2.23. The number of nitrogens with one attached hydrogen (secondary N) is 1. The first-order valence-corrected chi connectivity index (χ1v) is 5.26. The van der Waals surface area contributed by atoms with Crippen LogP contribution in [0.2, 0.25) is 0 Å². The van der Waals surface area contributed by atoms with Crippen molar-refractivity contribution >= 4 is 15.8 Å². The molecule has 0 aliphatic heterocycles. The summed E-state index contributed by atoms with van der Waals surface area (Å²) in [6.07, 6.45) is 1.11. The Balaban J connectivity index is 2.97. The van der Waals surface area contributed by atoms with Gasteiger partial charge in [0.05, 0.1) is 11.9 Å². The first-order valence-electron chi connectivity index (χ1n) is 3.37. The van der Waals surface area contributed by atoms with Crippen LogP contribution in [0.4, 0.5) is 5.82 Å². The Bertz CT molecular complexity index is 379. The number of aryl methyl sites for hydroxylation is 2. The van der Waals surface area contributed by atoms with Gasteiger partial charge in [-0.05, 0) is 6.92 Å².